The van der Waals surface area contributed by atoms with E-state index in [2.05, 4.69) is 23.6 Å². The molecule has 1 aromatic heterocycles. The Morgan fingerprint density at radius 3 is 2.71 bits per heavy atom. The molecule has 74 valence electrons. The maximum absolute atomic E-state index is 9.65. The number of aromatic nitrogens is 1. The first-order valence-corrected chi connectivity index (χ1v) is 4.84. The lowest BCUT2D eigenvalue weighted by Gasteiger charge is -2.03. The van der Waals surface area contributed by atoms with Crippen molar-refractivity contribution in [2.75, 3.05) is 0 Å². The summed E-state index contributed by atoms with van der Waals surface area (Å²) in [5.41, 5.74) is 3.42. The third-order valence-corrected chi connectivity index (χ3v) is 2.70. The quantitative estimate of drug-likeness (QED) is 0.732. The topological polar surface area (TPSA) is 25.2 Å². The second kappa shape index (κ2) is 3.14. The Morgan fingerprint density at radius 2 is 2.07 bits per heavy atom. The Hall–Kier alpha value is -1.28. The molecule has 0 aliphatic carbocycles. The molecule has 2 rings (SSSR count). The number of rotatable bonds is 1. The van der Waals surface area contributed by atoms with Gasteiger partial charge in [0, 0.05) is 29.7 Å². The molecule has 0 radical (unpaired) electrons. The Bertz CT molecular complexity index is 468. The van der Waals surface area contributed by atoms with E-state index in [0.717, 1.165) is 5.56 Å². The van der Waals surface area contributed by atoms with Gasteiger partial charge in [-0.1, -0.05) is 12.1 Å². The predicted molar refractivity (Wildman–Crippen MR) is 58.3 cm³/mol. The predicted octanol–water partition coefficient (Wildman–Crippen LogP) is 2.54. The fourth-order valence-corrected chi connectivity index (χ4v) is 1.98. The van der Waals surface area contributed by atoms with Crippen LogP contribution in [0.1, 0.15) is 24.2 Å². The van der Waals surface area contributed by atoms with Crippen LogP contribution in [0.15, 0.2) is 24.4 Å². The molecule has 2 nitrogen and oxygen atoms in total. The van der Waals surface area contributed by atoms with Crippen molar-refractivity contribution in [2.45, 2.75) is 20.0 Å². The van der Waals surface area contributed by atoms with Crippen molar-refractivity contribution in [1.29, 1.82) is 0 Å². The summed E-state index contributed by atoms with van der Waals surface area (Å²) in [6.45, 7) is 3.88. The molecule has 2 aromatic rings. The minimum atomic E-state index is -0.403. The van der Waals surface area contributed by atoms with E-state index in [4.69, 9.17) is 0 Å². The number of aliphatic hydroxyl groups excluding tert-OH is 1. The average Bonchev–Trinajstić information content (AvgIpc) is 2.46. The highest BCUT2D eigenvalue weighted by molar-refractivity contribution is 5.87. The molecule has 0 fully saturated rings. The van der Waals surface area contributed by atoms with E-state index in [1.165, 1.54) is 16.5 Å². The maximum Gasteiger partial charge on any atom is 0.0782 e. The van der Waals surface area contributed by atoms with Crippen LogP contribution in [0, 0.1) is 6.92 Å². The van der Waals surface area contributed by atoms with Gasteiger partial charge in [0.05, 0.1) is 6.10 Å². The second-order valence-corrected chi connectivity index (χ2v) is 3.84. The van der Waals surface area contributed by atoms with Crippen molar-refractivity contribution in [3.63, 3.8) is 0 Å². The summed E-state index contributed by atoms with van der Waals surface area (Å²) in [6.07, 6.45) is 1.60. The Morgan fingerprint density at radius 1 is 1.36 bits per heavy atom. The summed E-state index contributed by atoms with van der Waals surface area (Å²) in [5.74, 6) is 0. The van der Waals surface area contributed by atoms with E-state index in [0.29, 0.717) is 0 Å². The highest BCUT2D eigenvalue weighted by Crippen LogP contribution is 2.28. The third kappa shape index (κ3) is 1.23. The maximum atomic E-state index is 9.65. The van der Waals surface area contributed by atoms with Crippen LogP contribution in [-0.2, 0) is 7.05 Å². The zero-order valence-electron chi connectivity index (χ0n) is 8.78. The van der Waals surface area contributed by atoms with Gasteiger partial charge in [-0.2, -0.15) is 0 Å². The molecule has 0 bridgehead atoms. The van der Waals surface area contributed by atoms with Crippen LogP contribution in [-0.4, -0.2) is 9.67 Å². The molecule has 1 aromatic carbocycles. The van der Waals surface area contributed by atoms with Crippen LogP contribution in [0.25, 0.3) is 10.9 Å². The largest absolute Gasteiger partial charge is 0.389 e. The minimum Gasteiger partial charge on any atom is -0.389 e. The summed E-state index contributed by atoms with van der Waals surface area (Å²) >= 11 is 0. The van der Waals surface area contributed by atoms with Gasteiger partial charge in [0.25, 0.3) is 0 Å². The molecule has 1 unspecified atom stereocenters. The zero-order valence-corrected chi connectivity index (χ0v) is 8.78. The molecular formula is C12H15NO. The van der Waals surface area contributed by atoms with Gasteiger partial charge >= 0.3 is 0 Å². The Kier molecular flexibility index (Phi) is 2.08. The van der Waals surface area contributed by atoms with Crippen molar-refractivity contribution >= 4 is 10.9 Å². The van der Waals surface area contributed by atoms with Gasteiger partial charge in [-0.05, 0) is 25.5 Å². The van der Waals surface area contributed by atoms with E-state index < -0.39 is 6.10 Å². The molecule has 0 saturated carbocycles. The highest BCUT2D eigenvalue weighted by Gasteiger charge is 2.11. The van der Waals surface area contributed by atoms with Crippen molar-refractivity contribution in [1.82, 2.24) is 4.57 Å². The molecule has 0 aliphatic heterocycles. The van der Waals surface area contributed by atoms with Gasteiger partial charge in [0.1, 0.15) is 0 Å². The van der Waals surface area contributed by atoms with Crippen LogP contribution < -0.4 is 0 Å². The first kappa shape index (κ1) is 9.28. The summed E-state index contributed by atoms with van der Waals surface area (Å²) in [6, 6.07) is 6.20. The number of aliphatic hydroxyl groups is 1. The Balaban J connectivity index is 2.86. The van der Waals surface area contributed by atoms with Crippen molar-refractivity contribution in [3.8, 4) is 0 Å². The second-order valence-electron chi connectivity index (χ2n) is 3.84. The molecule has 14 heavy (non-hydrogen) atoms. The van der Waals surface area contributed by atoms with Crippen LogP contribution in [0.5, 0.6) is 0 Å². The van der Waals surface area contributed by atoms with Crippen LogP contribution >= 0.6 is 0 Å². The van der Waals surface area contributed by atoms with Gasteiger partial charge in [0.2, 0.25) is 0 Å². The fourth-order valence-electron chi connectivity index (χ4n) is 1.98. The lowest BCUT2D eigenvalue weighted by atomic mass is 10.0. The number of hydrogen-bond acceptors (Lipinski definition) is 1. The van der Waals surface area contributed by atoms with Gasteiger partial charge in [-0.15, -0.1) is 0 Å². The number of aryl methyl sites for hydroxylation is 2. The van der Waals surface area contributed by atoms with Crippen LogP contribution in [0.4, 0.5) is 0 Å². The molecule has 0 amide bonds. The van der Waals surface area contributed by atoms with E-state index in [9.17, 15) is 5.11 Å². The molecule has 1 heterocycles. The van der Waals surface area contributed by atoms with Gasteiger partial charge < -0.3 is 9.67 Å². The van der Waals surface area contributed by atoms with E-state index in [1.54, 1.807) is 6.92 Å². The van der Waals surface area contributed by atoms with Crippen LogP contribution in [0.2, 0.25) is 0 Å². The standard InChI is InChI=1S/C12H15NO/c1-8-5-4-6-11-12(8)10(9(2)14)7-13(11)3/h4-7,9,14H,1-3H3. The molecule has 1 atom stereocenters. The summed E-state index contributed by atoms with van der Waals surface area (Å²) in [7, 11) is 2.01. The monoisotopic (exact) mass is 189 g/mol. The van der Waals surface area contributed by atoms with Crippen molar-refractivity contribution < 1.29 is 5.11 Å². The van der Waals surface area contributed by atoms with E-state index >= 15 is 0 Å². The Labute approximate surface area is 83.8 Å². The lowest BCUT2D eigenvalue weighted by molar-refractivity contribution is 0.200. The van der Waals surface area contributed by atoms with Gasteiger partial charge in [-0.3, -0.25) is 0 Å². The first-order valence-electron chi connectivity index (χ1n) is 4.84. The smallest absolute Gasteiger partial charge is 0.0782 e. The number of hydrogen-bond donors (Lipinski definition) is 1. The molecule has 0 spiro atoms. The summed E-state index contributed by atoms with van der Waals surface area (Å²) < 4.78 is 2.06. The molecule has 0 aliphatic rings. The lowest BCUT2D eigenvalue weighted by Crippen LogP contribution is -1.89. The van der Waals surface area contributed by atoms with Crippen LogP contribution in [0.3, 0.4) is 0 Å². The third-order valence-electron chi connectivity index (χ3n) is 2.70. The number of fused-ring (bicyclic) bond motifs is 1. The normalized spacial score (nSPS) is 13.4. The van der Waals surface area contributed by atoms with Gasteiger partial charge in [0.15, 0.2) is 0 Å². The molecule has 1 N–H and O–H groups in total. The molecule has 2 heteroatoms. The van der Waals surface area contributed by atoms with E-state index in [-0.39, 0.29) is 0 Å². The minimum absolute atomic E-state index is 0.403. The SMILES string of the molecule is Cc1cccc2c1c(C(C)O)cn2C. The molecular weight excluding hydrogens is 174 g/mol. The van der Waals surface area contributed by atoms with Crippen molar-refractivity contribution in [3.05, 3.63) is 35.5 Å². The zero-order chi connectivity index (χ0) is 10.3. The summed E-state index contributed by atoms with van der Waals surface area (Å²) in [4.78, 5) is 0. The summed E-state index contributed by atoms with van der Waals surface area (Å²) in [5, 5.41) is 10.8. The number of nitrogens with zero attached hydrogens (tertiary/aromatic N) is 1. The molecule has 0 saturated heterocycles. The highest BCUT2D eigenvalue weighted by atomic mass is 16.3. The van der Waals surface area contributed by atoms with Crippen molar-refractivity contribution in [2.24, 2.45) is 7.05 Å². The first-order chi connectivity index (χ1) is 6.61. The van der Waals surface area contributed by atoms with Gasteiger partial charge in [-0.25, -0.2) is 0 Å². The fraction of sp³-hybridized carbons (Fsp3) is 0.333. The average molecular weight is 189 g/mol. The number of benzene rings is 1. The van der Waals surface area contributed by atoms with E-state index in [1.807, 2.05) is 19.3 Å².